The number of fused-ring (bicyclic) bond motifs is 7. The molecule has 0 amide bonds. The van der Waals surface area contributed by atoms with Crippen LogP contribution in [-0.4, -0.2) is 21.5 Å². The SMILES string of the molecule is CC1(CCCSCSc2ccccc2N)CCc2cc(O)c3c(c2O1)C1CCC3C1. The number of nitrogen functional groups attached to an aromatic ring is 1. The van der Waals surface area contributed by atoms with E-state index in [0.717, 1.165) is 48.0 Å². The van der Waals surface area contributed by atoms with Crippen molar-refractivity contribution in [1.29, 1.82) is 0 Å². The number of thioether (sulfide) groups is 2. The lowest BCUT2D eigenvalue weighted by atomic mass is 9.83. The van der Waals surface area contributed by atoms with E-state index in [-0.39, 0.29) is 5.60 Å². The van der Waals surface area contributed by atoms with Crippen LogP contribution in [-0.2, 0) is 6.42 Å². The summed E-state index contributed by atoms with van der Waals surface area (Å²) in [5.41, 5.74) is 10.6. The maximum Gasteiger partial charge on any atom is 0.127 e. The first-order valence-electron chi connectivity index (χ1n) is 11.2. The first kappa shape index (κ1) is 20.4. The van der Waals surface area contributed by atoms with Crippen LogP contribution in [0.4, 0.5) is 5.69 Å². The molecule has 2 bridgehead atoms. The number of hydrogen-bond acceptors (Lipinski definition) is 5. The summed E-state index contributed by atoms with van der Waals surface area (Å²) >= 11 is 3.81. The molecule has 1 heterocycles. The summed E-state index contributed by atoms with van der Waals surface area (Å²) in [6.07, 6.45) is 7.99. The van der Waals surface area contributed by atoms with Crippen LogP contribution in [0.2, 0.25) is 0 Å². The van der Waals surface area contributed by atoms with E-state index in [1.54, 1.807) is 0 Å². The van der Waals surface area contributed by atoms with E-state index < -0.39 is 0 Å². The van der Waals surface area contributed by atoms with Crippen LogP contribution < -0.4 is 10.5 Å². The van der Waals surface area contributed by atoms with Crippen LogP contribution in [0.5, 0.6) is 11.5 Å². The van der Waals surface area contributed by atoms with Crippen molar-refractivity contribution in [3.05, 3.63) is 47.0 Å². The number of para-hydroxylation sites is 1. The molecule has 2 aliphatic carbocycles. The Morgan fingerprint density at radius 1 is 1.20 bits per heavy atom. The molecule has 1 aliphatic heterocycles. The molecule has 0 spiro atoms. The molecule has 3 nitrogen and oxygen atoms in total. The van der Waals surface area contributed by atoms with Gasteiger partial charge in [-0.3, -0.25) is 0 Å². The van der Waals surface area contributed by atoms with Gasteiger partial charge in [-0.05, 0) is 93.2 Å². The number of rotatable bonds is 7. The summed E-state index contributed by atoms with van der Waals surface area (Å²) in [6, 6.07) is 10.1. The van der Waals surface area contributed by atoms with Gasteiger partial charge in [0, 0.05) is 26.8 Å². The number of nitrogens with two attached hydrogens (primary N) is 1. The van der Waals surface area contributed by atoms with Gasteiger partial charge in [0.15, 0.2) is 0 Å². The van der Waals surface area contributed by atoms with Crippen LogP contribution in [0.1, 0.15) is 74.0 Å². The molecule has 30 heavy (non-hydrogen) atoms. The van der Waals surface area contributed by atoms with Crippen molar-refractivity contribution in [3.8, 4) is 11.5 Å². The standard InChI is InChI=1S/C25H31NO2S2/c1-25(10-4-12-29-15-30-21-6-3-2-5-19(21)26)11-9-18-14-20(27)22-16-7-8-17(13-16)23(22)24(18)28-25/h2-3,5-6,14,16-17,27H,4,7-13,15,26H2,1H3. The molecular formula is C25H31NO2S2. The van der Waals surface area contributed by atoms with Crippen LogP contribution in [0.25, 0.3) is 0 Å². The largest absolute Gasteiger partial charge is 0.508 e. The molecular weight excluding hydrogens is 410 g/mol. The predicted octanol–water partition coefficient (Wildman–Crippen LogP) is 6.69. The monoisotopic (exact) mass is 441 g/mol. The van der Waals surface area contributed by atoms with E-state index in [1.165, 1.54) is 40.8 Å². The molecule has 5 rings (SSSR count). The summed E-state index contributed by atoms with van der Waals surface area (Å²) in [6.45, 7) is 2.28. The second kappa shape index (κ2) is 8.23. The Morgan fingerprint density at radius 3 is 2.83 bits per heavy atom. The number of aromatic hydroxyl groups is 1. The van der Waals surface area contributed by atoms with Crippen molar-refractivity contribution in [2.24, 2.45) is 0 Å². The summed E-state index contributed by atoms with van der Waals surface area (Å²) in [5.74, 6) is 3.96. The van der Waals surface area contributed by atoms with Gasteiger partial charge in [-0.1, -0.05) is 12.1 Å². The topological polar surface area (TPSA) is 55.5 Å². The summed E-state index contributed by atoms with van der Waals surface area (Å²) in [5, 5.41) is 11.6. The van der Waals surface area contributed by atoms with Crippen molar-refractivity contribution in [1.82, 2.24) is 0 Å². The molecule has 5 heteroatoms. The minimum Gasteiger partial charge on any atom is -0.508 e. The predicted molar refractivity (Wildman–Crippen MR) is 128 cm³/mol. The Hall–Kier alpha value is -1.46. The summed E-state index contributed by atoms with van der Waals surface area (Å²) in [4.78, 5) is 1.18. The Morgan fingerprint density at radius 2 is 2.00 bits per heavy atom. The molecule has 3 aliphatic rings. The van der Waals surface area contributed by atoms with E-state index in [0.29, 0.717) is 17.6 Å². The maximum absolute atomic E-state index is 10.6. The van der Waals surface area contributed by atoms with Crippen LogP contribution >= 0.6 is 23.5 Å². The lowest BCUT2D eigenvalue weighted by molar-refractivity contribution is 0.0540. The fourth-order valence-electron chi connectivity index (χ4n) is 5.58. The normalized spacial score (nSPS) is 26.3. The van der Waals surface area contributed by atoms with Gasteiger partial charge in [0.1, 0.15) is 17.1 Å². The number of aryl methyl sites for hydroxylation is 1. The third-order valence-electron chi connectivity index (χ3n) is 7.15. The van der Waals surface area contributed by atoms with E-state index in [9.17, 15) is 5.11 Å². The van der Waals surface area contributed by atoms with Crippen molar-refractivity contribution >= 4 is 29.2 Å². The lowest BCUT2D eigenvalue weighted by Gasteiger charge is -2.38. The van der Waals surface area contributed by atoms with Crippen molar-refractivity contribution in [2.45, 2.75) is 74.2 Å². The van der Waals surface area contributed by atoms with Crippen LogP contribution in [0, 0.1) is 0 Å². The smallest absolute Gasteiger partial charge is 0.127 e. The number of phenolic OH excluding ortho intramolecular Hbond substituents is 1. The van der Waals surface area contributed by atoms with Crippen LogP contribution in [0.15, 0.2) is 35.2 Å². The maximum atomic E-state index is 10.6. The van der Waals surface area contributed by atoms with Crippen LogP contribution in [0.3, 0.4) is 0 Å². The number of phenols is 1. The Balaban J connectivity index is 1.17. The molecule has 0 saturated heterocycles. The molecule has 2 aromatic rings. The Kier molecular flexibility index (Phi) is 5.61. The van der Waals surface area contributed by atoms with Gasteiger partial charge in [0.05, 0.1) is 0 Å². The number of hydrogen-bond donors (Lipinski definition) is 2. The third kappa shape index (κ3) is 3.80. The second-order valence-corrected chi connectivity index (χ2v) is 11.8. The second-order valence-electron chi connectivity index (χ2n) is 9.28. The molecule has 0 aromatic heterocycles. The van der Waals surface area contributed by atoms with Gasteiger partial charge in [-0.25, -0.2) is 0 Å². The number of anilines is 1. The molecule has 160 valence electrons. The van der Waals surface area contributed by atoms with Crippen molar-refractivity contribution < 1.29 is 9.84 Å². The first-order valence-corrected chi connectivity index (χ1v) is 13.3. The minimum atomic E-state index is -0.0862. The first-order chi connectivity index (χ1) is 14.5. The average molecular weight is 442 g/mol. The van der Waals surface area contributed by atoms with E-state index >= 15 is 0 Å². The van der Waals surface area contributed by atoms with Gasteiger partial charge in [-0.2, -0.15) is 11.8 Å². The highest BCUT2D eigenvalue weighted by Crippen LogP contribution is 2.60. The van der Waals surface area contributed by atoms with Gasteiger partial charge >= 0.3 is 0 Å². The molecule has 1 fully saturated rings. The van der Waals surface area contributed by atoms with Gasteiger partial charge in [0.2, 0.25) is 0 Å². The van der Waals surface area contributed by atoms with Gasteiger partial charge in [-0.15, -0.1) is 11.8 Å². The molecule has 1 saturated carbocycles. The summed E-state index contributed by atoms with van der Waals surface area (Å²) in [7, 11) is 0. The minimum absolute atomic E-state index is 0.0862. The van der Waals surface area contributed by atoms with Crippen molar-refractivity contribution in [3.63, 3.8) is 0 Å². The zero-order chi connectivity index (χ0) is 20.7. The zero-order valence-corrected chi connectivity index (χ0v) is 19.3. The highest BCUT2D eigenvalue weighted by Gasteiger charge is 2.44. The third-order valence-corrected chi connectivity index (χ3v) is 9.54. The highest BCUT2D eigenvalue weighted by atomic mass is 32.2. The molecule has 0 radical (unpaired) electrons. The molecule has 3 atom stereocenters. The summed E-state index contributed by atoms with van der Waals surface area (Å²) < 4.78 is 6.72. The molecule has 2 aromatic carbocycles. The Bertz CT molecular complexity index is 947. The molecule has 3 N–H and O–H groups in total. The Labute approximate surface area is 188 Å². The quantitative estimate of drug-likeness (QED) is 0.217. The highest BCUT2D eigenvalue weighted by molar-refractivity contribution is 8.16. The molecule has 3 unspecified atom stereocenters. The number of benzene rings is 2. The van der Waals surface area contributed by atoms with E-state index in [2.05, 4.69) is 13.0 Å². The van der Waals surface area contributed by atoms with Gasteiger partial charge < -0.3 is 15.6 Å². The zero-order valence-electron chi connectivity index (χ0n) is 17.7. The van der Waals surface area contributed by atoms with E-state index in [4.69, 9.17) is 10.5 Å². The lowest BCUT2D eigenvalue weighted by Crippen LogP contribution is -2.37. The van der Waals surface area contributed by atoms with Crippen molar-refractivity contribution in [2.75, 3.05) is 16.6 Å². The fraction of sp³-hybridized carbons (Fsp3) is 0.520. The van der Waals surface area contributed by atoms with Gasteiger partial charge in [0.25, 0.3) is 0 Å². The van der Waals surface area contributed by atoms with E-state index in [1.807, 2.05) is 47.8 Å². The average Bonchev–Trinajstić information content (AvgIpc) is 3.35. The fourth-order valence-corrected chi connectivity index (χ4v) is 7.66. The number of ether oxygens (including phenoxy) is 1.